The Labute approximate surface area is 79.3 Å². The minimum atomic E-state index is 0.219. The number of amides is 1. The van der Waals surface area contributed by atoms with Crippen molar-refractivity contribution >= 4 is 5.91 Å². The number of nitrogens with one attached hydrogen (secondary N) is 2. The van der Waals surface area contributed by atoms with Crippen LogP contribution >= 0.6 is 0 Å². The molecule has 2 N–H and O–H groups in total. The van der Waals surface area contributed by atoms with Crippen LogP contribution in [0.3, 0.4) is 0 Å². The van der Waals surface area contributed by atoms with Gasteiger partial charge in [-0.2, -0.15) is 0 Å². The van der Waals surface area contributed by atoms with Gasteiger partial charge in [0.25, 0.3) is 0 Å². The summed E-state index contributed by atoms with van der Waals surface area (Å²) in [5.74, 6) is 0.469. The summed E-state index contributed by atoms with van der Waals surface area (Å²) in [6.07, 6.45) is 2.14. The Morgan fingerprint density at radius 2 is 2.23 bits per heavy atom. The average Bonchev–Trinajstić information content (AvgIpc) is 2.58. The largest absolute Gasteiger partial charge is 0.353 e. The average molecular weight is 182 g/mol. The van der Waals surface area contributed by atoms with Gasteiger partial charge < -0.3 is 10.6 Å². The quantitative estimate of drug-likeness (QED) is 0.653. The smallest absolute Gasteiger partial charge is 0.224 e. The van der Waals surface area contributed by atoms with Crippen molar-refractivity contribution < 1.29 is 4.79 Å². The molecule has 2 rings (SSSR count). The molecular weight excluding hydrogens is 164 g/mol. The van der Waals surface area contributed by atoms with E-state index in [9.17, 15) is 4.79 Å². The maximum Gasteiger partial charge on any atom is 0.224 e. The minimum absolute atomic E-state index is 0.219. The van der Waals surface area contributed by atoms with E-state index in [1.54, 1.807) is 0 Å². The fraction of sp³-hybridized carbons (Fsp3) is 0.900. The highest BCUT2D eigenvalue weighted by Crippen LogP contribution is 2.44. The van der Waals surface area contributed by atoms with E-state index in [1.807, 2.05) is 0 Å². The highest BCUT2D eigenvalue weighted by atomic mass is 16.2. The second-order valence-electron chi connectivity index (χ2n) is 4.94. The predicted octanol–water partition coefficient (Wildman–Crippen LogP) is 0.511. The molecule has 0 radical (unpaired) electrons. The van der Waals surface area contributed by atoms with Crippen LogP contribution in [0.15, 0.2) is 0 Å². The van der Waals surface area contributed by atoms with Gasteiger partial charge in [-0.05, 0) is 24.8 Å². The monoisotopic (exact) mass is 182 g/mol. The van der Waals surface area contributed by atoms with Crippen molar-refractivity contribution in [2.45, 2.75) is 32.7 Å². The molecule has 3 nitrogen and oxygen atoms in total. The van der Waals surface area contributed by atoms with Crippen LogP contribution in [0.1, 0.15) is 26.7 Å². The Hall–Kier alpha value is -0.570. The third-order valence-electron chi connectivity index (χ3n) is 3.26. The molecule has 74 valence electrons. The van der Waals surface area contributed by atoms with Crippen LogP contribution in [-0.4, -0.2) is 25.0 Å². The van der Waals surface area contributed by atoms with E-state index in [2.05, 4.69) is 24.5 Å². The summed E-state index contributed by atoms with van der Waals surface area (Å²) in [5.41, 5.74) is 0.349. The second kappa shape index (κ2) is 2.98. The fourth-order valence-corrected chi connectivity index (χ4v) is 1.88. The first kappa shape index (κ1) is 9.00. The summed E-state index contributed by atoms with van der Waals surface area (Å²) in [4.78, 5) is 11.6. The molecule has 0 aromatic rings. The Balaban J connectivity index is 1.79. The predicted molar refractivity (Wildman–Crippen MR) is 51.3 cm³/mol. The minimum Gasteiger partial charge on any atom is -0.353 e. The van der Waals surface area contributed by atoms with Crippen molar-refractivity contribution in [3.05, 3.63) is 0 Å². The number of rotatable bonds is 2. The molecule has 0 aromatic carbocycles. The lowest BCUT2D eigenvalue weighted by atomic mass is 10.1. The van der Waals surface area contributed by atoms with Crippen LogP contribution in [0.4, 0.5) is 0 Å². The molecule has 0 spiro atoms. The molecule has 2 atom stereocenters. The first-order valence-corrected chi connectivity index (χ1v) is 5.11. The van der Waals surface area contributed by atoms with Gasteiger partial charge in [-0.15, -0.1) is 0 Å². The van der Waals surface area contributed by atoms with E-state index in [0.717, 1.165) is 25.9 Å². The normalized spacial score (nSPS) is 35.8. The van der Waals surface area contributed by atoms with E-state index >= 15 is 0 Å². The molecule has 1 aliphatic heterocycles. The fourth-order valence-electron chi connectivity index (χ4n) is 1.88. The number of hydrogen-bond donors (Lipinski definition) is 2. The van der Waals surface area contributed by atoms with Gasteiger partial charge in [-0.25, -0.2) is 0 Å². The maximum atomic E-state index is 11.6. The standard InChI is InChI=1S/C10H18N2O/c1-10(2)5-8(10)12-9(13)7-3-4-11-6-7/h7-8,11H,3-6H2,1-2H3,(H,12,13). The molecule has 1 saturated heterocycles. The molecule has 1 amide bonds. The summed E-state index contributed by atoms with van der Waals surface area (Å²) < 4.78 is 0. The lowest BCUT2D eigenvalue weighted by Gasteiger charge is -2.10. The van der Waals surface area contributed by atoms with E-state index in [0.29, 0.717) is 11.5 Å². The summed E-state index contributed by atoms with van der Waals surface area (Å²) in [6.45, 7) is 6.25. The van der Waals surface area contributed by atoms with Crippen LogP contribution in [0.2, 0.25) is 0 Å². The molecule has 1 saturated carbocycles. The molecule has 2 fully saturated rings. The molecule has 1 heterocycles. The Bertz CT molecular complexity index is 219. The molecule has 13 heavy (non-hydrogen) atoms. The summed E-state index contributed by atoms with van der Waals surface area (Å²) in [7, 11) is 0. The zero-order valence-electron chi connectivity index (χ0n) is 8.39. The van der Waals surface area contributed by atoms with Gasteiger partial charge in [0.1, 0.15) is 0 Å². The first-order valence-electron chi connectivity index (χ1n) is 5.11. The van der Waals surface area contributed by atoms with Crippen molar-refractivity contribution in [1.29, 1.82) is 0 Å². The van der Waals surface area contributed by atoms with Gasteiger partial charge in [-0.3, -0.25) is 4.79 Å². The Kier molecular flexibility index (Phi) is 2.06. The Morgan fingerprint density at radius 1 is 1.54 bits per heavy atom. The summed E-state index contributed by atoms with van der Waals surface area (Å²) >= 11 is 0. The van der Waals surface area contributed by atoms with E-state index in [4.69, 9.17) is 0 Å². The first-order chi connectivity index (χ1) is 6.09. The molecule has 3 heteroatoms. The summed E-state index contributed by atoms with van der Waals surface area (Å²) in [6, 6.07) is 0.431. The third kappa shape index (κ3) is 1.85. The van der Waals surface area contributed by atoms with Gasteiger partial charge >= 0.3 is 0 Å². The summed E-state index contributed by atoms with van der Waals surface area (Å²) in [5, 5.41) is 6.31. The topological polar surface area (TPSA) is 41.1 Å². The van der Waals surface area contributed by atoms with E-state index < -0.39 is 0 Å². The van der Waals surface area contributed by atoms with Crippen molar-refractivity contribution in [3.8, 4) is 0 Å². The lowest BCUT2D eigenvalue weighted by Crippen LogP contribution is -2.35. The molecule has 2 unspecified atom stereocenters. The maximum absolute atomic E-state index is 11.6. The van der Waals surface area contributed by atoms with Crippen LogP contribution in [0.5, 0.6) is 0 Å². The van der Waals surface area contributed by atoms with Crippen molar-refractivity contribution in [3.63, 3.8) is 0 Å². The number of carbonyl (C=O) groups is 1. The molecular formula is C10H18N2O. The zero-order valence-corrected chi connectivity index (χ0v) is 8.39. The zero-order chi connectivity index (χ0) is 9.47. The molecule has 1 aliphatic carbocycles. The van der Waals surface area contributed by atoms with Crippen molar-refractivity contribution in [2.24, 2.45) is 11.3 Å². The van der Waals surface area contributed by atoms with Gasteiger partial charge in [0.15, 0.2) is 0 Å². The van der Waals surface area contributed by atoms with Crippen LogP contribution in [0.25, 0.3) is 0 Å². The van der Waals surface area contributed by atoms with Gasteiger partial charge in [0.05, 0.1) is 5.92 Å². The van der Waals surface area contributed by atoms with Crippen LogP contribution < -0.4 is 10.6 Å². The van der Waals surface area contributed by atoms with E-state index in [1.165, 1.54) is 0 Å². The van der Waals surface area contributed by atoms with Crippen molar-refractivity contribution in [1.82, 2.24) is 10.6 Å². The molecule has 2 aliphatic rings. The SMILES string of the molecule is CC1(C)CC1NC(=O)C1CCNC1. The van der Waals surface area contributed by atoms with Gasteiger partial charge in [-0.1, -0.05) is 13.8 Å². The number of carbonyl (C=O) groups excluding carboxylic acids is 1. The number of hydrogen-bond acceptors (Lipinski definition) is 2. The van der Waals surface area contributed by atoms with E-state index in [-0.39, 0.29) is 11.8 Å². The van der Waals surface area contributed by atoms with Crippen LogP contribution in [-0.2, 0) is 4.79 Å². The molecule has 0 bridgehead atoms. The highest BCUT2D eigenvalue weighted by Gasteiger charge is 2.47. The van der Waals surface area contributed by atoms with Gasteiger partial charge in [0.2, 0.25) is 5.91 Å². The van der Waals surface area contributed by atoms with Crippen LogP contribution in [0, 0.1) is 11.3 Å². The lowest BCUT2D eigenvalue weighted by molar-refractivity contribution is -0.124. The highest BCUT2D eigenvalue weighted by molar-refractivity contribution is 5.80. The molecule has 0 aromatic heterocycles. The van der Waals surface area contributed by atoms with Gasteiger partial charge in [0, 0.05) is 12.6 Å². The third-order valence-corrected chi connectivity index (χ3v) is 3.26. The Morgan fingerprint density at radius 3 is 2.69 bits per heavy atom. The van der Waals surface area contributed by atoms with Crippen molar-refractivity contribution in [2.75, 3.05) is 13.1 Å². The second-order valence-corrected chi connectivity index (χ2v) is 4.94.